The maximum atomic E-state index is 12.1. The highest BCUT2D eigenvalue weighted by Gasteiger charge is 2.19. The number of likely N-dealkylation sites (N-methyl/N-ethyl adjacent to an activating group) is 2. The molecule has 0 aliphatic rings. The minimum atomic E-state index is -2.52. The molecule has 7 heteroatoms. The number of carbonyl (C=O) groups excluding carboxylic acids is 2. The van der Waals surface area contributed by atoms with Crippen LogP contribution in [0.4, 0.5) is 4.79 Å². The Morgan fingerprint density at radius 1 is 0.718 bits per heavy atom. The van der Waals surface area contributed by atoms with Crippen molar-refractivity contribution in [3.63, 3.8) is 0 Å². The van der Waals surface area contributed by atoms with Gasteiger partial charge in [-0.2, -0.15) is 0 Å². The van der Waals surface area contributed by atoms with Gasteiger partial charge in [-0.3, -0.25) is 4.79 Å². The Kier molecular flexibility index (Phi) is 12.6. The number of carbonyl (C=O) groups is 2. The highest BCUT2D eigenvalue weighted by Crippen LogP contribution is 2.11. The molecule has 0 saturated heterocycles. The van der Waals surface area contributed by atoms with Gasteiger partial charge in [0.05, 0.1) is 0 Å². The van der Waals surface area contributed by atoms with Crippen molar-refractivity contribution in [2.24, 2.45) is 0 Å². The van der Waals surface area contributed by atoms with E-state index in [-0.39, 0.29) is 18.1 Å². The molecule has 218 valence electrons. The van der Waals surface area contributed by atoms with Crippen molar-refractivity contribution in [1.82, 2.24) is 14.7 Å². The molecule has 0 unspecified atom stereocenters. The minimum absolute atomic E-state index is 0.0781. The van der Waals surface area contributed by atoms with Gasteiger partial charge in [0.1, 0.15) is 11.2 Å². The highest BCUT2D eigenvalue weighted by atomic mass is 16.6. The van der Waals surface area contributed by atoms with Crippen molar-refractivity contribution >= 4 is 12.1 Å². The first-order valence-electron chi connectivity index (χ1n) is 15.0. The molecule has 2 aromatic carbocycles. The van der Waals surface area contributed by atoms with Crippen molar-refractivity contribution in [2.75, 3.05) is 40.7 Å². The van der Waals surface area contributed by atoms with Crippen LogP contribution in [0.5, 0.6) is 0 Å². The lowest BCUT2D eigenvalue weighted by Gasteiger charge is -2.26. The van der Waals surface area contributed by atoms with Gasteiger partial charge in [0, 0.05) is 43.7 Å². The zero-order chi connectivity index (χ0) is 32.0. The maximum Gasteiger partial charge on any atom is 0.410 e. The van der Waals surface area contributed by atoms with Crippen LogP contribution in [-0.2, 0) is 27.4 Å². The van der Waals surface area contributed by atoms with E-state index in [9.17, 15) is 9.59 Å². The third-order valence-corrected chi connectivity index (χ3v) is 5.25. The molecule has 0 aromatic heterocycles. The summed E-state index contributed by atoms with van der Waals surface area (Å²) in [4.78, 5) is 28.7. The molecule has 39 heavy (non-hydrogen) atoms. The lowest BCUT2D eigenvalue weighted by Crippen LogP contribution is -2.38. The summed E-state index contributed by atoms with van der Waals surface area (Å²) >= 11 is 0. The van der Waals surface area contributed by atoms with E-state index in [1.54, 1.807) is 20.8 Å². The largest absolute Gasteiger partial charge is 0.460 e. The van der Waals surface area contributed by atoms with Gasteiger partial charge in [-0.05, 0) is 79.7 Å². The molecule has 0 radical (unpaired) electrons. The molecular weight excluding hydrogens is 490 g/mol. The molecule has 1 amide bonds. The minimum Gasteiger partial charge on any atom is -0.460 e. The predicted molar refractivity (Wildman–Crippen MR) is 159 cm³/mol. The Labute approximate surface area is 241 Å². The average molecular weight is 545 g/mol. The summed E-state index contributed by atoms with van der Waals surface area (Å²) in [7, 11) is 3.96. The van der Waals surface area contributed by atoms with E-state index in [1.165, 1.54) is 5.56 Å². The van der Waals surface area contributed by atoms with Crippen LogP contribution in [0.3, 0.4) is 0 Å². The first-order chi connectivity index (χ1) is 19.4. The molecule has 0 fully saturated rings. The molecule has 0 spiro atoms. The second-order valence-corrected chi connectivity index (χ2v) is 11.8. The van der Waals surface area contributed by atoms with Crippen LogP contribution < -0.4 is 0 Å². The van der Waals surface area contributed by atoms with Crippen molar-refractivity contribution in [3.05, 3.63) is 71.8 Å². The lowest BCUT2D eigenvalue weighted by molar-refractivity contribution is -0.154. The van der Waals surface area contributed by atoms with Gasteiger partial charge in [0.15, 0.2) is 0 Å². The first-order valence-corrected chi connectivity index (χ1v) is 13.5. The van der Waals surface area contributed by atoms with Crippen LogP contribution in [-0.4, -0.2) is 78.7 Å². The topological polar surface area (TPSA) is 62.3 Å². The molecule has 0 N–H and O–H groups in total. The van der Waals surface area contributed by atoms with Gasteiger partial charge in [0.25, 0.3) is 0 Å². The summed E-state index contributed by atoms with van der Waals surface area (Å²) < 4.78 is 33.1. The zero-order valence-corrected chi connectivity index (χ0v) is 25.2. The van der Waals surface area contributed by atoms with E-state index in [1.807, 2.05) is 81.2 Å². The summed E-state index contributed by atoms with van der Waals surface area (Å²) in [6.45, 7) is 11.3. The third kappa shape index (κ3) is 18.1. The van der Waals surface area contributed by atoms with Crippen molar-refractivity contribution < 1.29 is 23.2 Å². The van der Waals surface area contributed by atoms with Crippen LogP contribution in [0.15, 0.2) is 60.7 Å². The highest BCUT2D eigenvalue weighted by molar-refractivity contribution is 5.69. The van der Waals surface area contributed by atoms with Crippen LogP contribution in [0.1, 0.15) is 69.6 Å². The van der Waals surface area contributed by atoms with Gasteiger partial charge in [-0.1, -0.05) is 60.7 Å². The fraction of sp³-hybridized carbons (Fsp3) is 0.562. The Hall–Kier alpha value is -2.90. The zero-order valence-electron chi connectivity index (χ0n) is 28.2. The van der Waals surface area contributed by atoms with E-state index in [2.05, 4.69) is 24.1 Å². The van der Waals surface area contributed by atoms with Gasteiger partial charge in [-0.15, -0.1) is 0 Å². The van der Waals surface area contributed by atoms with Crippen molar-refractivity contribution in [1.29, 1.82) is 0 Å². The monoisotopic (exact) mass is 544 g/mol. The van der Waals surface area contributed by atoms with E-state index in [4.69, 9.17) is 13.6 Å². The Morgan fingerprint density at radius 2 is 1.18 bits per heavy atom. The summed E-state index contributed by atoms with van der Waals surface area (Å²) in [6, 6.07) is 20.2. The number of nitrogens with zero attached hydrogens (tertiary/aromatic N) is 3. The fourth-order valence-electron chi connectivity index (χ4n) is 3.51. The van der Waals surface area contributed by atoms with E-state index >= 15 is 0 Å². The number of ether oxygens (including phenoxy) is 2. The first kappa shape index (κ1) is 29.1. The number of esters is 1. The molecular formula is C32H51N3O4. The molecule has 0 saturated carbocycles. The van der Waals surface area contributed by atoms with E-state index in [0.29, 0.717) is 19.5 Å². The lowest BCUT2D eigenvalue weighted by atomic mass is 10.2. The standard InChI is InChI=1S/C16H26N2O2.C16H25NO2/c1-16(2,3)20-15(19)18(5)12-11-17(4)13-14-9-7-6-8-10-14;1-16(2,3)19-15(18)11-8-12-17(4)13-14-9-6-5-7-10-14/h6-10H,11-13H2,1-5H3;5-7,9-10H,8,11-13H2,1-4H3/i5D3;. The Bertz CT molecular complexity index is 1050. The molecule has 0 aliphatic carbocycles. The number of hydrogen-bond acceptors (Lipinski definition) is 6. The van der Waals surface area contributed by atoms with Gasteiger partial charge >= 0.3 is 12.1 Å². The smallest absolute Gasteiger partial charge is 0.410 e. The average Bonchev–Trinajstić information content (AvgIpc) is 2.82. The molecule has 0 atom stereocenters. The fourth-order valence-corrected chi connectivity index (χ4v) is 3.51. The molecule has 0 aliphatic heterocycles. The molecule has 2 rings (SSSR count). The maximum absolute atomic E-state index is 12.1. The third-order valence-electron chi connectivity index (χ3n) is 5.25. The summed E-state index contributed by atoms with van der Waals surface area (Å²) in [5.74, 6) is -0.111. The van der Waals surface area contributed by atoms with Crippen LogP contribution in [0, 0.1) is 0 Å². The number of hydrogen-bond donors (Lipinski definition) is 0. The van der Waals surface area contributed by atoms with Crippen LogP contribution >= 0.6 is 0 Å². The normalized spacial score (nSPS) is 13.0. The number of amides is 1. The van der Waals surface area contributed by atoms with Crippen molar-refractivity contribution in [2.45, 2.75) is 78.7 Å². The molecule has 2 aromatic rings. The SMILES string of the molecule is CN(CCCC(=O)OC(C)(C)C)Cc1ccccc1.[2H]C([2H])([2H])N(CCN(C)Cc1ccccc1)C(=O)OC(C)(C)C. The van der Waals surface area contributed by atoms with Gasteiger partial charge < -0.3 is 24.2 Å². The Balaban J connectivity index is 0.000000428. The van der Waals surface area contributed by atoms with Crippen LogP contribution in [0.25, 0.3) is 0 Å². The predicted octanol–water partition coefficient (Wildman–Crippen LogP) is 6.23. The van der Waals surface area contributed by atoms with Crippen LogP contribution in [0.2, 0.25) is 0 Å². The molecule has 0 bridgehead atoms. The second-order valence-electron chi connectivity index (χ2n) is 11.8. The van der Waals surface area contributed by atoms with E-state index < -0.39 is 18.7 Å². The summed E-state index contributed by atoms with van der Waals surface area (Å²) in [5, 5.41) is 0. The summed E-state index contributed by atoms with van der Waals surface area (Å²) in [5.41, 5.74) is 1.32. The Morgan fingerprint density at radius 3 is 1.62 bits per heavy atom. The quantitative estimate of drug-likeness (QED) is 0.313. The summed E-state index contributed by atoms with van der Waals surface area (Å²) in [6.07, 6.45) is 0.500. The van der Waals surface area contributed by atoms with Crippen molar-refractivity contribution in [3.8, 4) is 0 Å². The van der Waals surface area contributed by atoms with Gasteiger partial charge in [0.2, 0.25) is 0 Å². The molecule has 0 heterocycles. The number of rotatable bonds is 11. The van der Waals surface area contributed by atoms with Gasteiger partial charge in [-0.25, -0.2) is 4.79 Å². The second kappa shape index (κ2) is 16.9. The number of benzene rings is 2. The van der Waals surface area contributed by atoms with E-state index in [0.717, 1.165) is 30.0 Å². The molecule has 7 nitrogen and oxygen atoms in total.